The van der Waals surface area contributed by atoms with Gasteiger partial charge in [0.05, 0.1) is 28.5 Å². The first kappa shape index (κ1) is 25.2. The number of anilines is 2. The summed E-state index contributed by atoms with van der Waals surface area (Å²) in [4.78, 5) is 15.4. The Balaban J connectivity index is 1.38. The monoisotopic (exact) mass is 521 g/mol. The van der Waals surface area contributed by atoms with Crippen LogP contribution in [0.3, 0.4) is 0 Å². The molecule has 2 aromatic heterocycles. The highest BCUT2D eigenvalue weighted by Gasteiger charge is 2.34. The molecule has 0 aliphatic carbocycles. The van der Waals surface area contributed by atoms with Crippen LogP contribution in [0.1, 0.15) is 35.7 Å². The Morgan fingerprint density at radius 3 is 2.53 bits per heavy atom. The Bertz CT molecular complexity index is 1530. The number of alkyl halides is 3. The fraction of sp³-hybridized carbons (Fsp3) is 0.259. The van der Waals surface area contributed by atoms with Crippen molar-refractivity contribution < 1.29 is 17.6 Å². The molecule has 0 unspecified atom stereocenters. The number of hydrogen-bond acceptors (Lipinski definition) is 6. The van der Waals surface area contributed by atoms with Crippen molar-refractivity contribution in [3.05, 3.63) is 77.8 Å². The van der Waals surface area contributed by atoms with Gasteiger partial charge in [-0.3, -0.25) is 0 Å². The molecule has 0 atom stereocenters. The molecule has 1 fully saturated rings. The lowest BCUT2D eigenvalue weighted by Crippen LogP contribution is -2.34. The van der Waals surface area contributed by atoms with Gasteiger partial charge in [0.15, 0.2) is 0 Å². The summed E-state index contributed by atoms with van der Waals surface area (Å²) in [5, 5.41) is 9.29. The minimum atomic E-state index is -4.79. The molecule has 1 aliphatic heterocycles. The normalized spacial score (nSPS) is 14.5. The number of rotatable bonds is 4. The van der Waals surface area contributed by atoms with Crippen molar-refractivity contribution in [3.8, 4) is 28.5 Å². The van der Waals surface area contributed by atoms with Gasteiger partial charge in [0.2, 0.25) is 0 Å². The summed E-state index contributed by atoms with van der Waals surface area (Å²) in [6.45, 7) is 1.28. The molecule has 0 amide bonds. The van der Waals surface area contributed by atoms with Crippen molar-refractivity contribution in [1.82, 2.24) is 19.5 Å². The average molecular weight is 522 g/mol. The zero-order chi connectivity index (χ0) is 27.0. The van der Waals surface area contributed by atoms with E-state index in [-0.39, 0.29) is 11.5 Å². The SMILES string of the molecule is Cn1cc(-c2ccc(F)c(C(F)(F)F)c2)nc1C1CCN(c2ncnc(N)c2-c2cccc(C#N)c2)CC1. The first-order valence-corrected chi connectivity index (χ1v) is 11.9. The molecule has 4 aromatic rings. The van der Waals surface area contributed by atoms with E-state index < -0.39 is 17.6 Å². The number of imidazole rings is 1. The van der Waals surface area contributed by atoms with E-state index in [0.717, 1.165) is 36.4 Å². The standard InChI is InChI=1S/C27H23F4N7/c1-37-14-22(18-5-6-21(28)20(12-18)27(29,30)31)36-25(37)17-7-9-38(10-8-17)26-23(24(33)34-15-35-26)19-4-2-3-16(11-19)13-32/h2-6,11-12,14-15,17H,7-10H2,1H3,(H2,33,34,35). The van der Waals surface area contributed by atoms with Gasteiger partial charge in [-0.05, 0) is 48.7 Å². The van der Waals surface area contributed by atoms with Crippen molar-refractivity contribution >= 4 is 11.6 Å². The molecule has 11 heteroatoms. The molecule has 1 saturated heterocycles. The maximum Gasteiger partial charge on any atom is 0.419 e. The van der Waals surface area contributed by atoms with E-state index in [1.54, 1.807) is 31.4 Å². The van der Waals surface area contributed by atoms with E-state index in [1.807, 2.05) is 10.6 Å². The lowest BCUT2D eigenvalue weighted by Gasteiger charge is -2.33. The molecule has 5 rings (SSSR count). The number of halogens is 4. The number of piperidine rings is 1. The van der Waals surface area contributed by atoms with E-state index in [1.165, 1.54) is 12.4 Å². The Morgan fingerprint density at radius 1 is 1.05 bits per heavy atom. The third-order valence-corrected chi connectivity index (χ3v) is 6.78. The third-order valence-electron chi connectivity index (χ3n) is 6.78. The molecule has 1 aliphatic rings. The zero-order valence-corrected chi connectivity index (χ0v) is 20.4. The highest BCUT2D eigenvalue weighted by molar-refractivity contribution is 5.84. The smallest absolute Gasteiger partial charge is 0.383 e. The topological polar surface area (TPSA) is 96.7 Å². The van der Waals surface area contributed by atoms with E-state index in [4.69, 9.17) is 5.73 Å². The number of aryl methyl sites for hydroxylation is 1. The van der Waals surface area contributed by atoms with E-state index in [2.05, 4.69) is 25.9 Å². The van der Waals surface area contributed by atoms with Crippen molar-refractivity contribution in [2.24, 2.45) is 7.05 Å². The Labute approximate surface area is 216 Å². The lowest BCUT2D eigenvalue weighted by molar-refractivity contribution is -0.139. The highest BCUT2D eigenvalue weighted by atomic mass is 19.4. The third kappa shape index (κ3) is 4.77. The molecular weight excluding hydrogens is 498 g/mol. The van der Waals surface area contributed by atoms with Gasteiger partial charge in [0.25, 0.3) is 0 Å². The van der Waals surface area contributed by atoms with Gasteiger partial charge >= 0.3 is 6.18 Å². The number of hydrogen-bond donors (Lipinski definition) is 1. The number of nitriles is 1. The molecule has 194 valence electrons. The van der Waals surface area contributed by atoms with Crippen molar-refractivity contribution in [2.45, 2.75) is 24.9 Å². The van der Waals surface area contributed by atoms with E-state index in [0.29, 0.717) is 41.5 Å². The minimum absolute atomic E-state index is 0.0667. The summed E-state index contributed by atoms with van der Waals surface area (Å²) >= 11 is 0. The molecule has 0 bridgehead atoms. The Hall–Kier alpha value is -4.46. The lowest BCUT2D eigenvalue weighted by atomic mass is 9.95. The maximum atomic E-state index is 13.8. The van der Waals surface area contributed by atoms with Crippen LogP contribution in [0.2, 0.25) is 0 Å². The molecule has 0 saturated carbocycles. The minimum Gasteiger partial charge on any atom is -0.383 e. The van der Waals surface area contributed by atoms with Crippen molar-refractivity contribution in [1.29, 1.82) is 5.26 Å². The van der Waals surface area contributed by atoms with Gasteiger partial charge in [0, 0.05) is 37.8 Å². The van der Waals surface area contributed by atoms with Crippen molar-refractivity contribution in [3.63, 3.8) is 0 Å². The van der Waals surface area contributed by atoms with Gasteiger partial charge < -0.3 is 15.2 Å². The molecule has 3 heterocycles. The van der Waals surface area contributed by atoms with Crippen LogP contribution in [-0.2, 0) is 13.2 Å². The van der Waals surface area contributed by atoms with Crippen LogP contribution < -0.4 is 10.6 Å². The summed E-state index contributed by atoms with van der Waals surface area (Å²) < 4.78 is 55.1. The summed E-state index contributed by atoms with van der Waals surface area (Å²) in [5.41, 5.74) is 7.41. The number of benzene rings is 2. The summed E-state index contributed by atoms with van der Waals surface area (Å²) in [7, 11) is 1.80. The summed E-state index contributed by atoms with van der Waals surface area (Å²) in [6, 6.07) is 12.2. The average Bonchev–Trinajstić information content (AvgIpc) is 3.29. The van der Waals surface area contributed by atoms with Crippen LogP contribution in [0.4, 0.5) is 29.2 Å². The summed E-state index contributed by atoms with van der Waals surface area (Å²) in [6.07, 6.45) is -0.256. The van der Waals surface area contributed by atoms with Crippen LogP contribution in [0.15, 0.2) is 55.0 Å². The zero-order valence-electron chi connectivity index (χ0n) is 20.4. The second kappa shape index (κ2) is 9.78. The Kier molecular flexibility index (Phi) is 6.48. The number of nitrogens with zero attached hydrogens (tertiary/aromatic N) is 6. The predicted molar refractivity (Wildman–Crippen MR) is 134 cm³/mol. The maximum absolute atomic E-state index is 13.8. The van der Waals surface area contributed by atoms with Gasteiger partial charge in [0.1, 0.15) is 29.6 Å². The molecule has 0 spiro atoms. The van der Waals surface area contributed by atoms with Gasteiger partial charge in [-0.15, -0.1) is 0 Å². The quantitative estimate of drug-likeness (QED) is 0.354. The Morgan fingerprint density at radius 2 is 1.82 bits per heavy atom. The molecule has 0 radical (unpaired) electrons. The van der Waals surface area contributed by atoms with E-state index >= 15 is 0 Å². The molecule has 2 N–H and O–H groups in total. The van der Waals surface area contributed by atoms with Gasteiger partial charge in [-0.1, -0.05) is 12.1 Å². The largest absolute Gasteiger partial charge is 0.419 e. The first-order valence-electron chi connectivity index (χ1n) is 11.9. The fourth-order valence-electron chi connectivity index (χ4n) is 4.90. The molecule has 7 nitrogen and oxygen atoms in total. The van der Waals surface area contributed by atoms with Crippen LogP contribution in [0.25, 0.3) is 22.4 Å². The van der Waals surface area contributed by atoms with E-state index in [9.17, 15) is 22.8 Å². The number of nitrogen functional groups attached to an aromatic ring is 1. The molecule has 2 aromatic carbocycles. The van der Waals surface area contributed by atoms with Crippen molar-refractivity contribution in [2.75, 3.05) is 23.7 Å². The van der Waals surface area contributed by atoms with Gasteiger partial charge in [-0.2, -0.15) is 18.4 Å². The van der Waals surface area contributed by atoms with Crippen LogP contribution >= 0.6 is 0 Å². The fourth-order valence-corrected chi connectivity index (χ4v) is 4.90. The van der Waals surface area contributed by atoms with Crippen LogP contribution in [0, 0.1) is 17.1 Å². The number of nitrogens with two attached hydrogens (primary N) is 1. The van der Waals surface area contributed by atoms with Gasteiger partial charge in [-0.25, -0.2) is 19.3 Å². The first-order chi connectivity index (χ1) is 18.2. The summed E-state index contributed by atoms with van der Waals surface area (Å²) in [5.74, 6) is 0.503. The second-order valence-electron chi connectivity index (χ2n) is 9.20. The number of aromatic nitrogens is 4. The predicted octanol–water partition coefficient (Wildman–Crippen LogP) is 5.54. The van der Waals surface area contributed by atoms with Crippen LogP contribution in [0.5, 0.6) is 0 Å². The van der Waals surface area contributed by atoms with Crippen LogP contribution in [-0.4, -0.2) is 32.6 Å². The second-order valence-corrected chi connectivity index (χ2v) is 9.20. The molecule has 38 heavy (non-hydrogen) atoms. The highest BCUT2D eigenvalue weighted by Crippen LogP contribution is 2.38. The molecular formula is C27H23F4N7.